The van der Waals surface area contributed by atoms with Crippen LogP contribution >= 0.6 is 0 Å². The lowest BCUT2D eigenvalue weighted by Gasteiger charge is -2.20. The minimum Gasteiger partial charge on any atom is -0.338 e. The second-order valence-electron chi connectivity index (χ2n) is 4.43. The van der Waals surface area contributed by atoms with E-state index in [1.807, 2.05) is 18.9 Å². The minimum atomic E-state index is -2.84. The first kappa shape index (κ1) is 12.5. The Morgan fingerprint density at radius 3 is 2.82 bits per heavy atom. The van der Waals surface area contributed by atoms with Gasteiger partial charge in [-0.15, -0.1) is 0 Å². The molecule has 2 rings (SSSR count). The molecule has 1 fully saturated rings. The average molecular weight is 259 g/mol. The highest BCUT2D eigenvalue weighted by molar-refractivity contribution is 7.91. The first-order valence-electron chi connectivity index (χ1n) is 5.72. The number of nitrogens with zero attached hydrogens (tertiary/aromatic N) is 3. The van der Waals surface area contributed by atoms with Crippen LogP contribution in [0.4, 0.5) is 0 Å². The number of aryl methyl sites for hydroxylation is 1. The first-order valence-corrected chi connectivity index (χ1v) is 7.54. The van der Waals surface area contributed by atoms with Gasteiger partial charge < -0.3 is 4.52 Å². The van der Waals surface area contributed by atoms with Gasteiger partial charge in [-0.05, 0) is 13.5 Å². The predicted octanol–water partition coefficient (Wildman–Crippen LogP) is 0.251. The zero-order chi connectivity index (χ0) is 12.5. The number of sulfone groups is 1. The van der Waals surface area contributed by atoms with Gasteiger partial charge in [-0.25, -0.2) is 8.42 Å². The van der Waals surface area contributed by atoms with Crippen LogP contribution in [-0.4, -0.2) is 48.1 Å². The van der Waals surface area contributed by atoms with Crippen LogP contribution in [0.25, 0.3) is 0 Å². The van der Waals surface area contributed by atoms with E-state index >= 15 is 0 Å². The summed E-state index contributed by atoms with van der Waals surface area (Å²) < 4.78 is 27.8. The van der Waals surface area contributed by atoms with Crippen molar-refractivity contribution in [2.45, 2.75) is 32.4 Å². The SMILES string of the molecule is CCc1noc(CN(C)C2CCS(=O)(=O)C2)n1. The van der Waals surface area contributed by atoms with E-state index < -0.39 is 9.84 Å². The van der Waals surface area contributed by atoms with Gasteiger partial charge in [0.25, 0.3) is 0 Å². The van der Waals surface area contributed by atoms with E-state index in [0.29, 0.717) is 24.7 Å². The molecule has 0 radical (unpaired) electrons. The van der Waals surface area contributed by atoms with Crippen LogP contribution in [0.3, 0.4) is 0 Å². The Morgan fingerprint density at radius 2 is 2.29 bits per heavy atom. The van der Waals surface area contributed by atoms with Crippen molar-refractivity contribution in [1.82, 2.24) is 15.0 Å². The van der Waals surface area contributed by atoms with Crippen molar-refractivity contribution in [1.29, 1.82) is 0 Å². The molecule has 0 N–H and O–H groups in total. The van der Waals surface area contributed by atoms with Gasteiger partial charge in [0.2, 0.25) is 5.89 Å². The fourth-order valence-corrected chi connectivity index (χ4v) is 3.77. The van der Waals surface area contributed by atoms with Crippen molar-refractivity contribution < 1.29 is 12.9 Å². The zero-order valence-corrected chi connectivity index (χ0v) is 10.9. The molecule has 1 aromatic rings. The molecule has 7 heteroatoms. The first-order chi connectivity index (χ1) is 8.00. The Balaban J connectivity index is 1.95. The number of aromatic nitrogens is 2. The molecule has 1 saturated heterocycles. The van der Waals surface area contributed by atoms with Gasteiger partial charge in [0.15, 0.2) is 15.7 Å². The van der Waals surface area contributed by atoms with Crippen LogP contribution < -0.4 is 0 Å². The van der Waals surface area contributed by atoms with E-state index in [1.54, 1.807) is 0 Å². The Morgan fingerprint density at radius 1 is 1.53 bits per heavy atom. The smallest absolute Gasteiger partial charge is 0.240 e. The lowest BCUT2D eigenvalue weighted by Crippen LogP contribution is -2.32. The third kappa shape index (κ3) is 3.04. The summed E-state index contributed by atoms with van der Waals surface area (Å²) >= 11 is 0. The van der Waals surface area contributed by atoms with E-state index in [1.165, 1.54) is 0 Å². The standard InChI is InChI=1S/C10H17N3O3S/c1-3-9-11-10(16-12-9)6-13(2)8-4-5-17(14,15)7-8/h8H,3-7H2,1-2H3. The Kier molecular flexibility index (Phi) is 3.48. The van der Waals surface area contributed by atoms with Crippen LogP contribution in [-0.2, 0) is 22.8 Å². The Labute approximate surface area is 101 Å². The van der Waals surface area contributed by atoms with Crippen LogP contribution in [0.5, 0.6) is 0 Å². The molecular weight excluding hydrogens is 242 g/mol. The van der Waals surface area contributed by atoms with Crippen LogP contribution in [0, 0.1) is 0 Å². The van der Waals surface area contributed by atoms with Gasteiger partial charge in [0.05, 0.1) is 18.1 Å². The van der Waals surface area contributed by atoms with Crippen molar-refractivity contribution in [3.8, 4) is 0 Å². The summed E-state index contributed by atoms with van der Waals surface area (Å²) in [6.45, 7) is 2.47. The van der Waals surface area contributed by atoms with Crippen LogP contribution in [0.1, 0.15) is 25.1 Å². The molecule has 1 aromatic heterocycles. The molecule has 0 amide bonds. The summed E-state index contributed by atoms with van der Waals surface area (Å²) in [5.74, 6) is 1.76. The summed E-state index contributed by atoms with van der Waals surface area (Å²) in [5, 5.41) is 3.81. The number of hydrogen-bond acceptors (Lipinski definition) is 6. The van der Waals surface area contributed by atoms with Gasteiger partial charge in [-0.2, -0.15) is 4.98 Å². The molecule has 1 atom stereocenters. The molecular formula is C10H17N3O3S. The molecule has 17 heavy (non-hydrogen) atoms. The van der Waals surface area contributed by atoms with Crippen molar-refractivity contribution in [3.05, 3.63) is 11.7 Å². The zero-order valence-electron chi connectivity index (χ0n) is 10.1. The summed E-state index contributed by atoms with van der Waals surface area (Å²) in [5.41, 5.74) is 0. The number of hydrogen-bond donors (Lipinski definition) is 0. The largest absolute Gasteiger partial charge is 0.338 e. The molecule has 0 aliphatic carbocycles. The average Bonchev–Trinajstić information content (AvgIpc) is 2.84. The molecule has 0 bridgehead atoms. The number of rotatable bonds is 4. The fourth-order valence-electron chi connectivity index (χ4n) is 1.96. The third-order valence-electron chi connectivity index (χ3n) is 3.04. The molecule has 1 aliphatic rings. The van der Waals surface area contributed by atoms with Gasteiger partial charge in [-0.3, -0.25) is 4.90 Å². The van der Waals surface area contributed by atoms with E-state index in [2.05, 4.69) is 10.1 Å². The van der Waals surface area contributed by atoms with Crippen molar-refractivity contribution in [2.75, 3.05) is 18.6 Å². The van der Waals surface area contributed by atoms with Crippen molar-refractivity contribution >= 4 is 9.84 Å². The summed E-state index contributed by atoms with van der Waals surface area (Å²) in [6, 6.07) is 0.0666. The quantitative estimate of drug-likeness (QED) is 0.771. The molecule has 96 valence electrons. The highest BCUT2D eigenvalue weighted by Gasteiger charge is 2.31. The monoisotopic (exact) mass is 259 g/mol. The second kappa shape index (κ2) is 4.73. The van der Waals surface area contributed by atoms with Crippen LogP contribution in [0.15, 0.2) is 4.52 Å². The molecule has 0 aromatic carbocycles. The second-order valence-corrected chi connectivity index (χ2v) is 6.66. The lowest BCUT2D eigenvalue weighted by atomic mass is 10.2. The van der Waals surface area contributed by atoms with Gasteiger partial charge in [0, 0.05) is 12.5 Å². The van der Waals surface area contributed by atoms with Crippen molar-refractivity contribution in [2.24, 2.45) is 0 Å². The predicted molar refractivity (Wildman–Crippen MR) is 62.2 cm³/mol. The Bertz CT molecular complexity index is 483. The maximum atomic E-state index is 11.4. The van der Waals surface area contributed by atoms with E-state index in [9.17, 15) is 8.42 Å². The third-order valence-corrected chi connectivity index (χ3v) is 4.79. The molecule has 2 heterocycles. The van der Waals surface area contributed by atoms with E-state index in [-0.39, 0.29) is 17.5 Å². The molecule has 1 aliphatic heterocycles. The van der Waals surface area contributed by atoms with E-state index in [0.717, 1.165) is 6.42 Å². The normalized spacial score (nSPS) is 23.4. The fraction of sp³-hybridized carbons (Fsp3) is 0.800. The Hall–Kier alpha value is -0.950. The van der Waals surface area contributed by atoms with Crippen LogP contribution in [0.2, 0.25) is 0 Å². The van der Waals surface area contributed by atoms with Crippen molar-refractivity contribution in [3.63, 3.8) is 0 Å². The maximum Gasteiger partial charge on any atom is 0.240 e. The molecule has 0 saturated carbocycles. The summed E-state index contributed by atoms with van der Waals surface area (Å²) in [7, 11) is -0.950. The minimum absolute atomic E-state index is 0.0666. The highest BCUT2D eigenvalue weighted by Crippen LogP contribution is 2.17. The maximum absolute atomic E-state index is 11.4. The van der Waals surface area contributed by atoms with Gasteiger partial charge >= 0.3 is 0 Å². The van der Waals surface area contributed by atoms with E-state index in [4.69, 9.17) is 4.52 Å². The molecule has 0 spiro atoms. The summed E-state index contributed by atoms with van der Waals surface area (Å²) in [4.78, 5) is 6.18. The molecule has 1 unspecified atom stereocenters. The highest BCUT2D eigenvalue weighted by atomic mass is 32.2. The lowest BCUT2D eigenvalue weighted by molar-refractivity contribution is 0.217. The summed E-state index contributed by atoms with van der Waals surface area (Å²) in [6.07, 6.45) is 1.43. The molecule has 6 nitrogen and oxygen atoms in total. The van der Waals surface area contributed by atoms with Gasteiger partial charge in [-0.1, -0.05) is 12.1 Å². The topological polar surface area (TPSA) is 76.3 Å². The van der Waals surface area contributed by atoms with Gasteiger partial charge in [0.1, 0.15) is 0 Å².